The highest BCUT2D eigenvalue weighted by atomic mass is 16.6. The van der Waals surface area contributed by atoms with Crippen molar-refractivity contribution in [3.05, 3.63) is 47.5 Å². The van der Waals surface area contributed by atoms with E-state index in [1.165, 1.54) is 10.5 Å². The van der Waals surface area contributed by atoms with Crippen LogP contribution >= 0.6 is 0 Å². The second kappa shape index (κ2) is 6.57. The Balaban J connectivity index is 1.76. The van der Waals surface area contributed by atoms with Crippen molar-refractivity contribution in [1.82, 2.24) is 4.90 Å². The third-order valence-corrected chi connectivity index (χ3v) is 4.88. The second-order valence-electron chi connectivity index (χ2n) is 6.70. The number of hydrogen-bond acceptors (Lipinski definition) is 3. The van der Waals surface area contributed by atoms with Gasteiger partial charge in [-0.05, 0) is 37.7 Å². The third-order valence-electron chi connectivity index (χ3n) is 4.88. The lowest BCUT2D eigenvalue weighted by Crippen LogP contribution is -2.45. The largest absolute Gasteiger partial charge is 0.447 e. The van der Waals surface area contributed by atoms with E-state index in [-0.39, 0.29) is 30.4 Å². The molecule has 1 aliphatic heterocycles. The summed E-state index contributed by atoms with van der Waals surface area (Å²) in [5, 5.41) is 0. The van der Waals surface area contributed by atoms with Gasteiger partial charge in [-0.1, -0.05) is 48.9 Å². The zero-order valence-electron chi connectivity index (χ0n) is 13.7. The summed E-state index contributed by atoms with van der Waals surface area (Å²) in [6, 6.07) is 9.73. The molecule has 1 aromatic rings. The minimum atomic E-state index is -0.491. The van der Waals surface area contributed by atoms with Crippen molar-refractivity contribution in [2.75, 3.05) is 6.61 Å². The van der Waals surface area contributed by atoms with Crippen LogP contribution in [-0.2, 0) is 16.0 Å². The molecule has 1 aromatic carbocycles. The molecule has 0 spiro atoms. The molecule has 1 fully saturated rings. The lowest BCUT2D eigenvalue weighted by atomic mass is 9.80. The fraction of sp³-hybridized carbons (Fsp3) is 0.474. The first-order chi connectivity index (χ1) is 11.1. The Bertz CT molecular complexity index is 623. The maximum Gasteiger partial charge on any atom is 0.416 e. The summed E-state index contributed by atoms with van der Waals surface area (Å²) < 4.78 is 5.17. The molecule has 4 nitrogen and oxygen atoms in total. The van der Waals surface area contributed by atoms with Gasteiger partial charge in [0, 0.05) is 5.92 Å². The zero-order valence-corrected chi connectivity index (χ0v) is 13.7. The number of cyclic esters (lactones) is 1. The molecule has 3 rings (SSSR count). The van der Waals surface area contributed by atoms with Crippen LogP contribution in [0.15, 0.2) is 42.0 Å². The first-order valence-corrected chi connectivity index (χ1v) is 8.25. The molecule has 4 heteroatoms. The second-order valence-corrected chi connectivity index (χ2v) is 6.70. The molecule has 2 amide bonds. The summed E-state index contributed by atoms with van der Waals surface area (Å²) >= 11 is 0. The Morgan fingerprint density at radius 2 is 2.04 bits per heavy atom. The number of carbonyl (C=O) groups excluding carboxylic acids is 2. The van der Waals surface area contributed by atoms with Gasteiger partial charge in [-0.15, -0.1) is 0 Å². The van der Waals surface area contributed by atoms with Gasteiger partial charge in [-0.25, -0.2) is 9.69 Å². The number of hydrogen-bond donors (Lipinski definition) is 0. The van der Waals surface area contributed by atoms with Crippen LogP contribution in [-0.4, -0.2) is 29.5 Å². The Kier molecular flexibility index (Phi) is 4.51. The Morgan fingerprint density at radius 3 is 2.74 bits per heavy atom. The first kappa shape index (κ1) is 15.8. The van der Waals surface area contributed by atoms with Crippen LogP contribution in [0.25, 0.3) is 0 Å². The van der Waals surface area contributed by atoms with Crippen molar-refractivity contribution in [3.8, 4) is 0 Å². The minimum Gasteiger partial charge on any atom is -0.447 e. The van der Waals surface area contributed by atoms with Crippen LogP contribution in [0.1, 0.15) is 32.3 Å². The summed E-state index contributed by atoms with van der Waals surface area (Å²) in [5.41, 5.74) is 2.44. The summed E-state index contributed by atoms with van der Waals surface area (Å²) in [5.74, 6) is 0.0607. The van der Waals surface area contributed by atoms with Gasteiger partial charge < -0.3 is 4.74 Å². The first-order valence-electron chi connectivity index (χ1n) is 8.25. The highest BCUT2D eigenvalue weighted by Gasteiger charge is 2.42. The lowest BCUT2D eigenvalue weighted by molar-refractivity contribution is -0.135. The molecule has 1 aliphatic carbocycles. The fourth-order valence-corrected chi connectivity index (χ4v) is 3.58. The van der Waals surface area contributed by atoms with Crippen molar-refractivity contribution >= 4 is 12.0 Å². The quantitative estimate of drug-likeness (QED) is 0.802. The molecule has 0 saturated carbocycles. The predicted molar refractivity (Wildman–Crippen MR) is 87.8 cm³/mol. The van der Waals surface area contributed by atoms with Crippen LogP contribution in [0.4, 0.5) is 4.79 Å². The van der Waals surface area contributed by atoms with E-state index in [1.807, 2.05) is 30.3 Å². The van der Waals surface area contributed by atoms with Gasteiger partial charge in [0.2, 0.25) is 5.91 Å². The van der Waals surface area contributed by atoms with Crippen LogP contribution in [0.5, 0.6) is 0 Å². The van der Waals surface area contributed by atoms with Crippen LogP contribution in [0, 0.1) is 11.8 Å². The van der Waals surface area contributed by atoms with Gasteiger partial charge in [0.25, 0.3) is 0 Å². The van der Waals surface area contributed by atoms with Gasteiger partial charge in [-0.2, -0.15) is 0 Å². The highest BCUT2D eigenvalue weighted by molar-refractivity contribution is 5.95. The molecule has 0 bridgehead atoms. The molecule has 0 unspecified atom stereocenters. The van der Waals surface area contributed by atoms with E-state index < -0.39 is 6.09 Å². The molecule has 2 aliphatic rings. The topological polar surface area (TPSA) is 46.6 Å². The zero-order chi connectivity index (χ0) is 16.4. The van der Waals surface area contributed by atoms with E-state index in [2.05, 4.69) is 19.9 Å². The van der Waals surface area contributed by atoms with E-state index in [4.69, 9.17) is 4.74 Å². The van der Waals surface area contributed by atoms with Gasteiger partial charge in [0.05, 0.1) is 6.04 Å². The van der Waals surface area contributed by atoms with E-state index in [0.29, 0.717) is 12.8 Å². The van der Waals surface area contributed by atoms with Crippen molar-refractivity contribution in [1.29, 1.82) is 0 Å². The molecule has 0 N–H and O–H groups in total. The van der Waals surface area contributed by atoms with Crippen LogP contribution < -0.4 is 0 Å². The molecule has 3 atom stereocenters. The average Bonchev–Trinajstić information content (AvgIpc) is 2.88. The lowest BCUT2D eigenvalue weighted by Gasteiger charge is -2.30. The molecule has 0 radical (unpaired) electrons. The highest BCUT2D eigenvalue weighted by Crippen LogP contribution is 2.32. The van der Waals surface area contributed by atoms with Gasteiger partial charge in [0.1, 0.15) is 6.61 Å². The Labute approximate surface area is 137 Å². The SMILES string of the molecule is CC1=CC[C@H](C(=O)N2C(=O)OC[C@@H]2Cc2ccccc2)[C@@H](C)C1. The number of nitrogens with zero attached hydrogens (tertiary/aromatic N) is 1. The minimum absolute atomic E-state index is 0.0790. The molecule has 122 valence electrons. The van der Waals surface area contributed by atoms with E-state index in [1.54, 1.807) is 0 Å². The van der Waals surface area contributed by atoms with Crippen LogP contribution in [0.3, 0.4) is 0 Å². The number of imide groups is 1. The van der Waals surface area contributed by atoms with Gasteiger partial charge in [-0.3, -0.25) is 4.79 Å². The van der Waals surface area contributed by atoms with Gasteiger partial charge >= 0.3 is 6.09 Å². The van der Waals surface area contributed by atoms with Crippen LogP contribution in [0.2, 0.25) is 0 Å². The molecular formula is C19H23NO3. The average molecular weight is 313 g/mol. The molecular weight excluding hydrogens is 290 g/mol. The molecule has 23 heavy (non-hydrogen) atoms. The maximum atomic E-state index is 12.9. The smallest absolute Gasteiger partial charge is 0.416 e. The number of rotatable bonds is 3. The predicted octanol–water partition coefficient (Wildman–Crippen LogP) is 3.57. The van der Waals surface area contributed by atoms with Gasteiger partial charge in [0.15, 0.2) is 0 Å². The maximum absolute atomic E-state index is 12.9. The number of amides is 2. The monoisotopic (exact) mass is 313 g/mol. The third kappa shape index (κ3) is 3.31. The molecule has 1 saturated heterocycles. The normalized spacial score (nSPS) is 27.6. The molecule has 0 aromatic heterocycles. The molecule has 1 heterocycles. The summed E-state index contributed by atoms with van der Waals surface area (Å²) in [6.07, 6.45) is 3.91. The number of allylic oxidation sites excluding steroid dienone is 2. The summed E-state index contributed by atoms with van der Waals surface area (Å²) in [4.78, 5) is 26.4. The number of benzene rings is 1. The van der Waals surface area contributed by atoms with E-state index in [9.17, 15) is 9.59 Å². The summed E-state index contributed by atoms with van der Waals surface area (Å²) in [6.45, 7) is 4.47. The summed E-state index contributed by atoms with van der Waals surface area (Å²) in [7, 11) is 0. The van der Waals surface area contributed by atoms with Crippen molar-refractivity contribution in [3.63, 3.8) is 0 Å². The Morgan fingerprint density at radius 1 is 1.30 bits per heavy atom. The van der Waals surface area contributed by atoms with Crippen molar-refractivity contribution in [2.24, 2.45) is 11.8 Å². The van der Waals surface area contributed by atoms with E-state index in [0.717, 1.165) is 12.0 Å². The Hall–Kier alpha value is -2.10. The number of ether oxygens (including phenoxy) is 1. The van der Waals surface area contributed by atoms with E-state index >= 15 is 0 Å². The van der Waals surface area contributed by atoms with Crippen molar-refractivity contribution < 1.29 is 14.3 Å². The fourth-order valence-electron chi connectivity index (χ4n) is 3.58. The number of carbonyl (C=O) groups is 2. The van der Waals surface area contributed by atoms with Crippen molar-refractivity contribution in [2.45, 2.75) is 39.2 Å². The standard InChI is InChI=1S/C19H23NO3/c1-13-8-9-17(14(2)10-13)18(21)20-16(12-23-19(20)22)11-15-6-4-3-5-7-15/h3-8,14,16-17H,9-12H2,1-2H3/t14-,16-,17-/m0/s1.